The maximum absolute atomic E-state index is 11.0. The maximum Gasteiger partial charge on any atom is 0.339 e. The topological polar surface area (TPSA) is 96.1 Å². The zero-order valence-corrected chi connectivity index (χ0v) is 11.9. The van der Waals surface area contributed by atoms with Crippen LogP contribution in [0.3, 0.4) is 0 Å². The fraction of sp³-hybridized carbons (Fsp3) is 0.250. The molecular formula is C16H13N3O3. The second-order valence-electron chi connectivity index (χ2n) is 5.12. The predicted molar refractivity (Wildman–Crippen MR) is 77.3 cm³/mol. The van der Waals surface area contributed by atoms with Crippen molar-refractivity contribution in [2.45, 2.75) is 19.4 Å². The van der Waals surface area contributed by atoms with Crippen molar-refractivity contribution in [1.82, 2.24) is 9.97 Å². The summed E-state index contributed by atoms with van der Waals surface area (Å²) in [6.45, 7) is 1.63. The normalized spacial score (nSPS) is 19.3. The summed E-state index contributed by atoms with van der Waals surface area (Å²) in [6, 6.07) is 9.46. The highest BCUT2D eigenvalue weighted by Gasteiger charge is 2.40. The van der Waals surface area contributed by atoms with E-state index in [1.54, 1.807) is 13.0 Å². The molecule has 6 heteroatoms. The van der Waals surface area contributed by atoms with Crippen LogP contribution < -0.4 is 4.74 Å². The van der Waals surface area contributed by atoms with Crippen LogP contribution in [-0.4, -0.2) is 27.1 Å². The molecule has 6 nitrogen and oxygen atoms in total. The standard InChI is InChI=1S/C16H13N3O3/c1-9-12(16(20)21)8-18-15(19-9)11-4-2-3-5-13(11)22-14-6-10(14)7-17/h2-5,8,10,14H,6H2,1H3,(H,20,21). The van der Waals surface area contributed by atoms with Crippen LogP contribution in [0.25, 0.3) is 11.4 Å². The fourth-order valence-corrected chi connectivity index (χ4v) is 2.16. The van der Waals surface area contributed by atoms with Crippen molar-refractivity contribution in [2.24, 2.45) is 5.92 Å². The molecule has 1 heterocycles. The number of para-hydroxylation sites is 1. The van der Waals surface area contributed by atoms with Crippen LogP contribution in [-0.2, 0) is 0 Å². The molecule has 0 bridgehead atoms. The average Bonchev–Trinajstić information content (AvgIpc) is 3.25. The average molecular weight is 295 g/mol. The van der Waals surface area contributed by atoms with Gasteiger partial charge in [0, 0.05) is 12.6 Å². The number of nitrogens with zero attached hydrogens (tertiary/aromatic N) is 3. The van der Waals surface area contributed by atoms with Gasteiger partial charge in [-0.25, -0.2) is 14.8 Å². The van der Waals surface area contributed by atoms with Gasteiger partial charge in [-0.1, -0.05) is 12.1 Å². The first-order chi connectivity index (χ1) is 10.6. The molecular weight excluding hydrogens is 282 g/mol. The second kappa shape index (κ2) is 5.45. The lowest BCUT2D eigenvalue weighted by Crippen LogP contribution is -2.06. The number of benzene rings is 1. The van der Waals surface area contributed by atoms with Crippen molar-refractivity contribution in [3.05, 3.63) is 41.7 Å². The van der Waals surface area contributed by atoms with Crippen molar-refractivity contribution in [3.8, 4) is 23.2 Å². The molecule has 0 amide bonds. The molecule has 2 unspecified atom stereocenters. The van der Waals surface area contributed by atoms with Gasteiger partial charge in [-0.2, -0.15) is 5.26 Å². The van der Waals surface area contributed by atoms with Gasteiger partial charge in [-0.15, -0.1) is 0 Å². The lowest BCUT2D eigenvalue weighted by atomic mass is 10.1. The van der Waals surface area contributed by atoms with E-state index >= 15 is 0 Å². The Labute approximate surface area is 127 Å². The molecule has 1 aromatic carbocycles. The quantitative estimate of drug-likeness (QED) is 0.930. The van der Waals surface area contributed by atoms with Crippen LogP contribution in [0.5, 0.6) is 5.75 Å². The zero-order valence-electron chi connectivity index (χ0n) is 11.9. The molecule has 2 atom stereocenters. The molecule has 0 saturated heterocycles. The largest absolute Gasteiger partial charge is 0.488 e. The Morgan fingerprint density at radius 2 is 2.23 bits per heavy atom. The van der Waals surface area contributed by atoms with Crippen molar-refractivity contribution in [1.29, 1.82) is 5.26 Å². The van der Waals surface area contributed by atoms with E-state index < -0.39 is 5.97 Å². The summed E-state index contributed by atoms with van der Waals surface area (Å²) < 4.78 is 5.81. The molecule has 1 saturated carbocycles. The van der Waals surface area contributed by atoms with Crippen LogP contribution in [0.1, 0.15) is 22.5 Å². The first-order valence-electron chi connectivity index (χ1n) is 6.82. The van der Waals surface area contributed by atoms with E-state index in [-0.39, 0.29) is 17.6 Å². The van der Waals surface area contributed by atoms with Crippen molar-refractivity contribution < 1.29 is 14.6 Å². The Morgan fingerprint density at radius 3 is 2.86 bits per heavy atom. The van der Waals surface area contributed by atoms with Gasteiger partial charge < -0.3 is 9.84 Å². The van der Waals surface area contributed by atoms with Gasteiger partial charge >= 0.3 is 5.97 Å². The minimum absolute atomic E-state index is 0.0647. The summed E-state index contributed by atoms with van der Waals surface area (Å²) >= 11 is 0. The monoisotopic (exact) mass is 295 g/mol. The molecule has 0 spiro atoms. The Kier molecular flexibility index (Phi) is 3.47. The minimum atomic E-state index is -1.05. The fourth-order valence-electron chi connectivity index (χ4n) is 2.16. The lowest BCUT2D eigenvalue weighted by molar-refractivity contribution is 0.0695. The second-order valence-corrected chi connectivity index (χ2v) is 5.12. The maximum atomic E-state index is 11.0. The Morgan fingerprint density at radius 1 is 1.45 bits per heavy atom. The van der Waals surface area contributed by atoms with E-state index in [0.717, 1.165) is 6.42 Å². The van der Waals surface area contributed by atoms with E-state index in [1.165, 1.54) is 6.20 Å². The highest BCUT2D eigenvalue weighted by molar-refractivity contribution is 5.88. The number of aryl methyl sites for hydroxylation is 1. The molecule has 0 radical (unpaired) electrons. The lowest BCUT2D eigenvalue weighted by Gasteiger charge is -2.10. The summed E-state index contributed by atoms with van der Waals surface area (Å²) in [4.78, 5) is 19.4. The number of hydrogen-bond acceptors (Lipinski definition) is 5. The van der Waals surface area contributed by atoms with E-state index in [2.05, 4.69) is 16.0 Å². The van der Waals surface area contributed by atoms with Crippen molar-refractivity contribution >= 4 is 5.97 Å². The first-order valence-corrected chi connectivity index (χ1v) is 6.82. The molecule has 2 aromatic rings. The van der Waals surface area contributed by atoms with Crippen LogP contribution in [0, 0.1) is 24.2 Å². The molecule has 1 aliphatic carbocycles. The molecule has 3 rings (SSSR count). The number of nitriles is 1. The number of ether oxygens (including phenoxy) is 1. The summed E-state index contributed by atoms with van der Waals surface area (Å²) in [7, 11) is 0. The summed E-state index contributed by atoms with van der Waals surface area (Å²) in [5.41, 5.74) is 1.16. The minimum Gasteiger partial charge on any atom is -0.488 e. The number of carbonyl (C=O) groups is 1. The third kappa shape index (κ3) is 2.61. The van der Waals surface area contributed by atoms with Gasteiger partial charge in [0.05, 0.1) is 28.8 Å². The van der Waals surface area contributed by atoms with Crippen LogP contribution >= 0.6 is 0 Å². The SMILES string of the molecule is Cc1nc(-c2ccccc2OC2CC2C#N)ncc1C(=O)O. The van der Waals surface area contributed by atoms with E-state index in [0.29, 0.717) is 22.8 Å². The highest BCUT2D eigenvalue weighted by Crippen LogP contribution is 2.37. The number of rotatable bonds is 4. The third-order valence-electron chi connectivity index (χ3n) is 3.51. The Bertz CT molecular complexity index is 782. The highest BCUT2D eigenvalue weighted by atomic mass is 16.5. The number of aromatic carboxylic acids is 1. The molecule has 22 heavy (non-hydrogen) atoms. The zero-order chi connectivity index (χ0) is 15.7. The number of carboxylic acid groups (broad SMARTS) is 1. The van der Waals surface area contributed by atoms with Gasteiger partial charge in [0.15, 0.2) is 5.82 Å². The number of hydrogen-bond donors (Lipinski definition) is 1. The van der Waals surface area contributed by atoms with Crippen molar-refractivity contribution in [2.75, 3.05) is 0 Å². The number of carboxylic acids is 1. The molecule has 1 aromatic heterocycles. The van der Waals surface area contributed by atoms with E-state index in [4.69, 9.17) is 15.1 Å². The van der Waals surface area contributed by atoms with Gasteiger partial charge in [0.2, 0.25) is 0 Å². The molecule has 110 valence electrons. The summed E-state index contributed by atoms with van der Waals surface area (Å²) in [6.07, 6.45) is 1.93. The van der Waals surface area contributed by atoms with Gasteiger partial charge in [0.25, 0.3) is 0 Å². The van der Waals surface area contributed by atoms with Crippen molar-refractivity contribution in [3.63, 3.8) is 0 Å². The Hall–Kier alpha value is -2.94. The smallest absolute Gasteiger partial charge is 0.339 e. The van der Waals surface area contributed by atoms with Gasteiger partial charge in [0.1, 0.15) is 11.9 Å². The van der Waals surface area contributed by atoms with Crippen LogP contribution in [0.4, 0.5) is 0 Å². The van der Waals surface area contributed by atoms with Crippen LogP contribution in [0.15, 0.2) is 30.5 Å². The first kappa shape index (κ1) is 14.0. The summed E-state index contributed by atoms with van der Waals surface area (Å²) in [5, 5.41) is 17.9. The van der Waals surface area contributed by atoms with Gasteiger partial charge in [-0.3, -0.25) is 0 Å². The molecule has 0 aliphatic heterocycles. The molecule has 1 N–H and O–H groups in total. The molecule has 1 fully saturated rings. The summed E-state index contributed by atoms with van der Waals surface area (Å²) in [5.74, 6) is -0.103. The number of aromatic nitrogens is 2. The Balaban J connectivity index is 1.93. The van der Waals surface area contributed by atoms with E-state index in [9.17, 15) is 4.79 Å². The van der Waals surface area contributed by atoms with Gasteiger partial charge in [-0.05, 0) is 19.1 Å². The van der Waals surface area contributed by atoms with Crippen LogP contribution in [0.2, 0.25) is 0 Å². The molecule has 1 aliphatic rings. The third-order valence-corrected chi connectivity index (χ3v) is 3.51. The predicted octanol–water partition coefficient (Wildman–Crippen LogP) is 2.44. The van der Waals surface area contributed by atoms with E-state index in [1.807, 2.05) is 18.2 Å².